The number of rotatable bonds is 3. The number of nitrogens with zero attached hydrogens (tertiary/aromatic N) is 2. The fourth-order valence-corrected chi connectivity index (χ4v) is 2.67. The summed E-state index contributed by atoms with van der Waals surface area (Å²) in [5.41, 5.74) is -0.943. The molecule has 2 heterocycles. The lowest BCUT2D eigenvalue weighted by Crippen LogP contribution is -2.45. The lowest BCUT2D eigenvalue weighted by atomic mass is 9.74. The summed E-state index contributed by atoms with van der Waals surface area (Å²) >= 11 is 0. The van der Waals surface area contributed by atoms with Gasteiger partial charge in [-0.05, 0) is 39.5 Å². The zero-order valence-corrected chi connectivity index (χ0v) is 12.1. The molecule has 0 bridgehead atoms. The van der Waals surface area contributed by atoms with Gasteiger partial charge in [0.2, 0.25) is 0 Å². The molecule has 1 aliphatic heterocycles. The van der Waals surface area contributed by atoms with E-state index in [1.807, 2.05) is 4.90 Å². The van der Waals surface area contributed by atoms with Crippen LogP contribution in [0.5, 0.6) is 0 Å². The Kier molecular flexibility index (Phi) is 3.83. The summed E-state index contributed by atoms with van der Waals surface area (Å²) in [6.45, 7) is 6.70. The molecule has 0 amide bonds. The zero-order chi connectivity index (χ0) is 14.9. The minimum Gasteiger partial charge on any atom is -0.481 e. The van der Waals surface area contributed by atoms with E-state index in [0.29, 0.717) is 18.2 Å². The molecule has 6 heteroatoms. The fraction of sp³-hybridized carbons (Fsp3) is 0.643. The molecule has 0 saturated carbocycles. The number of carbonyl (C=O) groups is 1. The van der Waals surface area contributed by atoms with Crippen LogP contribution >= 0.6 is 0 Å². The maximum atomic E-state index is 11.5. The molecule has 110 valence electrons. The number of carboxylic acid groups (broad SMARTS) is 1. The number of H-pyrrole nitrogens is 1. The van der Waals surface area contributed by atoms with Crippen molar-refractivity contribution < 1.29 is 9.90 Å². The van der Waals surface area contributed by atoms with Crippen molar-refractivity contribution in [2.45, 2.75) is 33.6 Å². The Hall–Kier alpha value is -1.85. The molecule has 1 saturated heterocycles. The molecular weight excluding hydrogens is 258 g/mol. The van der Waals surface area contributed by atoms with Crippen molar-refractivity contribution in [1.29, 1.82) is 0 Å². The Morgan fingerprint density at radius 2 is 2.25 bits per heavy atom. The third kappa shape index (κ3) is 2.84. The number of anilines is 1. The second-order valence-corrected chi connectivity index (χ2v) is 6.00. The van der Waals surface area contributed by atoms with Gasteiger partial charge in [0.25, 0.3) is 5.56 Å². The monoisotopic (exact) mass is 279 g/mol. The fourth-order valence-electron chi connectivity index (χ4n) is 2.67. The van der Waals surface area contributed by atoms with Gasteiger partial charge < -0.3 is 15.0 Å². The largest absolute Gasteiger partial charge is 0.481 e. The number of aromatic amines is 1. The van der Waals surface area contributed by atoms with Crippen LogP contribution in [0.4, 0.5) is 5.82 Å². The van der Waals surface area contributed by atoms with Crippen LogP contribution in [0.15, 0.2) is 10.9 Å². The first-order valence-electron chi connectivity index (χ1n) is 6.87. The SMILES string of the molecule is Cc1nc(N2CCCC(C(C)(C)C(=O)O)C2)cc(=O)[nH]1. The highest BCUT2D eigenvalue weighted by atomic mass is 16.4. The van der Waals surface area contributed by atoms with E-state index in [0.717, 1.165) is 19.4 Å². The topological polar surface area (TPSA) is 86.3 Å². The first kappa shape index (κ1) is 14.6. The summed E-state index contributed by atoms with van der Waals surface area (Å²) in [7, 11) is 0. The van der Waals surface area contributed by atoms with Gasteiger partial charge in [-0.1, -0.05) is 0 Å². The zero-order valence-electron chi connectivity index (χ0n) is 12.1. The average Bonchev–Trinajstić information content (AvgIpc) is 2.37. The number of aryl methyl sites for hydroxylation is 1. The molecule has 1 fully saturated rings. The van der Waals surface area contributed by atoms with Crippen LogP contribution in [0.25, 0.3) is 0 Å². The summed E-state index contributed by atoms with van der Waals surface area (Å²) in [6, 6.07) is 1.48. The first-order valence-corrected chi connectivity index (χ1v) is 6.87. The Labute approximate surface area is 117 Å². The summed E-state index contributed by atoms with van der Waals surface area (Å²) in [4.78, 5) is 31.9. The minimum absolute atomic E-state index is 0.0511. The van der Waals surface area contributed by atoms with E-state index >= 15 is 0 Å². The molecule has 2 N–H and O–H groups in total. The van der Waals surface area contributed by atoms with Crippen LogP contribution in [-0.2, 0) is 4.79 Å². The van der Waals surface area contributed by atoms with Crippen LogP contribution < -0.4 is 10.5 Å². The third-order valence-corrected chi connectivity index (χ3v) is 4.16. The Morgan fingerprint density at radius 3 is 2.85 bits per heavy atom. The number of piperidine rings is 1. The lowest BCUT2D eigenvalue weighted by molar-refractivity contribution is -0.150. The molecule has 0 spiro atoms. The van der Waals surface area contributed by atoms with Crippen molar-refractivity contribution in [2.75, 3.05) is 18.0 Å². The van der Waals surface area contributed by atoms with Crippen LogP contribution in [0, 0.1) is 18.3 Å². The number of hydrogen-bond donors (Lipinski definition) is 2. The lowest BCUT2D eigenvalue weighted by Gasteiger charge is -2.39. The summed E-state index contributed by atoms with van der Waals surface area (Å²) < 4.78 is 0. The van der Waals surface area contributed by atoms with Gasteiger partial charge in [0, 0.05) is 19.2 Å². The van der Waals surface area contributed by atoms with Crippen molar-refractivity contribution >= 4 is 11.8 Å². The number of carboxylic acids is 1. The molecular formula is C14H21N3O3. The highest BCUT2D eigenvalue weighted by Gasteiger charge is 2.39. The molecule has 1 aliphatic rings. The second kappa shape index (κ2) is 5.26. The molecule has 2 rings (SSSR count). The Balaban J connectivity index is 2.22. The molecule has 6 nitrogen and oxygen atoms in total. The van der Waals surface area contributed by atoms with E-state index in [4.69, 9.17) is 0 Å². The van der Waals surface area contributed by atoms with Gasteiger partial charge in [0.15, 0.2) is 0 Å². The third-order valence-electron chi connectivity index (χ3n) is 4.16. The highest BCUT2D eigenvalue weighted by molar-refractivity contribution is 5.74. The molecule has 1 aromatic rings. The van der Waals surface area contributed by atoms with E-state index in [-0.39, 0.29) is 11.5 Å². The Bertz CT molecular complexity index is 565. The summed E-state index contributed by atoms with van der Waals surface area (Å²) in [5, 5.41) is 9.35. The summed E-state index contributed by atoms with van der Waals surface area (Å²) in [5.74, 6) is 0.485. The van der Waals surface area contributed by atoms with Gasteiger partial charge >= 0.3 is 5.97 Å². The molecule has 0 radical (unpaired) electrons. The van der Waals surface area contributed by atoms with E-state index < -0.39 is 11.4 Å². The minimum atomic E-state index is -0.778. The molecule has 20 heavy (non-hydrogen) atoms. The quantitative estimate of drug-likeness (QED) is 0.873. The van der Waals surface area contributed by atoms with Gasteiger partial charge in [-0.3, -0.25) is 9.59 Å². The highest BCUT2D eigenvalue weighted by Crippen LogP contribution is 2.35. The predicted molar refractivity (Wildman–Crippen MR) is 75.9 cm³/mol. The van der Waals surface area contributed by atoms with Gasteiger partial charge in [-0.2, -0.15) is 0 Å². The number of aromatic nitrogens is 2. The Morgan fingerprint density at radius 1 is 1.55 bits per heavy atom. The van der Waals surface area contributed by atoms with Gasteiger partial charge in [0.1, 0.15) is 11.6 Å². The van der Waals surface area contributed by atoms with E-state index in [9.17, 15) is 14.7 Å². The number of hydrogen-bond acceptors (Lipinski definition) is 4. The van der Waals surface area contributed by atoms with Crippen molar-refractivity contribution in [2.24, 2.45) is 11.3 Å². The van der Waals surface area contributed by atoms with Crippen LogP contribution in [0.2, 0.25) is 0 Å². The van der Waals surface area contributed by atoms with Crippen molar-refractivity contribution in [3.8, 4) is 0 Å². The maximum Gasteiger partial charge on any atom is 0.309 e. The molecule has 1 unspecified atom stereocenters. The van der Waals surface area contributed by atoms with Crippen molar-refractivity contribution in [1.82, 2.24) is 9.97 Å². The summed E-state index contributed by atoms with van der Waals surface area (Å²) in [6.07, 6.45) is 1.80. The normalized spacial score (nSPS) is 19.9. The smallest absolute Gasteiger partial charge is 0.309 e. The standard InChI is InChI=1S/C14H21N3O3/c1-9-15-11(7-12(18)16-9)17-6-4-5-10(8-17)14(2,3)13(19)20/h7,10H,4-6,8H2,1-3H3,(H,19,20)(H,15,16,18). The van der Waals surface area contributed by atoms with E-state index in [1.165, 1.54) is 6.07 Å². The van der Waals surface area contributed by atoms with Crippen LogP contribution in [0.3, 0.4) is 0 Å². The van der Waals surface area contributed by atoms with Gasteiger partial charge in [-0.25, -0.2) is 4.98 Å². The second-order valence-electron chi connectivity index (χ2n) is 6.00. The van der Waals surface area contributed by atoms with Crippen LogP contribution in [-0.4, -0.2) is 34.1 Å². The molecule has 1 atom stereocenters. The first-order chi connectivity index (χ1) is 9.30. The maximum absolute atomic E-state index is 11.5. The van der Waals surface area contributed by atoms with E-state index in [2.05, 4.69) is 9.97 Å². The number of nitrogens with one attached hydrogen (secondary N) is 1. The van der Waals surface area contributed by atoms with E-state index in [1.54, 1.807) is 20.8 Å². The van der Waals surface area contributed by atoms with Crippen LogP contribution in [0.1, 0.15) is 32.5 Å². The molecule has 0 aromatic carbocycles. The molecule has 1 aromatic heterocycles. The number of aliphatic carboxylic acids is 1. The predicted octanol–water partition coefficient (Wildman–Crippen LogP) is 1.41. The van der Waals surface area contributed by atoms with Gasteiger partial charge in [-0.15, -0.1) is 0 Å². The van der Waals surface area contributed by atoms with Crippen molar-refractivity contribution in [3.05, 3.63) is 22.2 Å². The average molecular weight is 279 g/mol. The van der Waals surface area contributed by atoms with Gasteiger partial charge in [0.05, 0.1) is 5.41 Å². The van der Waals surface area contributed by atoms with Crippen molar-refractivity contribution in [3.63, 3.8) is 0 Å². The molecule has 0 aliphatic carbocycles.